The molecule has 0 radical (unpaired) electrons. The van der Waals surface area contributed by atoms with Crippen LogP contribution in [-0.4, -0.2) is 16.6 Å². The molecule has 5 aromatic carbocycles. The molecule has 1 unspecified atom stereocenters. The normalized spacial score (nSPS) is 18.6. The zero-order valence-electron chi connectivity index (χ0n) is 22.1. The second kappa shape index (κ2) is 10.2. The van der Waals surface area contributed by atoms with Crippen LogP contribution in [0.15, 0.2) is 152 Å². The summed E-state index contributed by atoms with van der Waals surface area (Å²) in [5.74, 6) is -0.293. The highest BCUT2D eigenvalue weighted by molar-refractivity contribution is 8.12. The second-order valence-electron chi connectivity index (χ2n) is 9.97. The maximum absolute atomic E-state index is 15.3. The zero-order chi connectivity index (χ0) is 27.8. The largest absolute Gasteiger partial charge is 0.290 e. The molecule has 2 heterocycles. The summed E-state index contributed by atoms with van der Waals surface area (Å²) >= 11 is 1.47. The van der Waals surface area contributed by atoms with Crippen LogP contribution >= 0.6 is 11.8 Å². The monoisotopic (exact) mass is 547 g/mol. The average Bonchev–Trinajstić information content (AvgIpc) is 3.49. The molecule has 196 valence electrons. The number of nitrogens with zero attached hydrogens (tertiary/aromatic N) is 1. The number of carbonyl (C=O) groups is 2. The maximum atomic E-state index is 15.3. The second-order valence-corrected chi connectivity index (χ2v) is 11.2. The molecule has 7 rings (SSSR count). The molecule has 1 amide bonds. The summed E-state index contributed by atoms with van der Waals surface area (Å²) in [5.41, 5.74) is 5.98. The van der Waals surface area contributed by atoms with Crippen molar-refractivity contribution in [2.75, 3.05) is 4.90 Å². The Kier molecular flexibility index (Phi) is 6.26. The number of carbonyl (C=O) groups excluding carboxylic acids is 2. The fourth-order valence-electron chi connectivity index (χ4n) is 5.83. The summed E-state index contributed by atoms with van der Waals surface area (Å²) in [4.78, 5) is 31.3. The Morgan fingerprint density at radius 3 is 1.39 bits per heavy atom. The number of hydrogen-bond donors (Lipinski definition) is 0. The highest BCUT2D eigenvalue weighted by atomic mass is 32.2. The molecule has 1 spiro atoms. The fraction of sp³-hybridized carbons (Fsp3) is 0.0270. The number of anilines is 1. The number of para-hydroxylation sites is 1. The molecule has 41 heavy (non-hydrogen) atoms. The Morgan fingerprint density at radius 1 is 0.463 bits per heavy atom. The van der Waals surface area contributed by atoms with E-state index in [4.69, 9.17) is 0 Å². The van der Waals surface area contributed by atoms with Crippen LogP contribution in [0.25, 0.3) is 21.6 Å². The maximum Gasteiger partial charge on any atom is 0.261 e. The van der Waals surface area contributed by atoms with Crippen molar-refractivity contribution in [3.8, 4) is 0 Å². The van der Waals surface area contributed by atoms with Crippen LogP contribution in [0, 0.1) is 0 Å². The Hall–Kier alpha value is -4.93. The van der Waals surface area contributed by atoms with E-state index in [9.17, 15) is 4.79 Å². The third-order valence-corrected chi connectivity index (χ3v) is 9.08. The molecule has 0 saturated carbocycles. The number of ketones is 1. The van der Waals surface area contributed by atoms with E-state index >= 15 is 4.79 Å². The van der Waals surface area contributed by atoms with Crippen LogP contribution in [0.2, 0.25) is 0 Å². The van der Waals surface area contributed by atoms with Gasteiger partial charge in [0.15, 0.2) is 4.87 Å². The predicted octanol–water partition coefficient (Wildman–Crippen LogP) is 8.22. The fourth-order valence-corrected chi connectivity index (χ4v) is 7.48. The first kappa shape index (κ1) is 25.1. The molecule has 5 aromatic rings. The quantitative estimate of drug-likeness (QED) is 0.222. The lowest BCUT2D eigenvalue weighted by Gasteiger charge is -2.36. The van der Waals surface area contributed by atoms with Crippen molar-refractivity contribution in [2.45, 2.75) is 4.87 Å². The van der Waals surface area contributed by atoms with E-state index in [1.165, 1.54) is 11.8 Å². The predicted molar refractivity (Wildman–Crippen MR) is 169 cm³/mol. The Labute approximate surface area is 243 Å². The SMILES string of the molecule is O=C1C(c2ccccc2)=C(c2ccccc2)C2(SC(c3ccccc3)=C(c3ccccc3)C2=O)N1c1ccccc1. The van der Waals surface area contributed by atoms with Gasteiger partial charge in [-0.3, -0.25) is 14.5 Å². The van der Waals surface area contributed by atoms with Crippen molar-refractivity contribution < 1.29 is 9.59 Å². The van der Waals surface area contributed by atoms with E-state index in [1.807, 2.05) is 152 Å². The average molecular weight is 548 g/mol. The van der Waals surface area contributed by atoms with Crippen molar-refractivity contribution >= 4 is 50.8 Å². The molecular formula is C37H25NO2S. The van der Waals surface area contributed by atoms with Crippen LogP contribution in [0.1, 0.15) is 22.3 Å². The van der Waals surface area contributed by atoms with Crippen molar-refractivity contribution in [3.05, 3.63) is 174 Å². The summed E-state index contributed by atoms with van der Waals surface area (Å²) in [6, 6.07) is 49.0. The van der Waals surface area contributed by atoms with E-state index in [1.54, 1.807) is 4.90 Å². The highest BCUT2D eigenvalue weighted by Gasteiger charge is 2.62. The van der Waals surface area contributed by atoms with Gasteiger partial charge >= 0.3 is 0 Å². The number of amides is 1. The van der Waals surface area contributed by atoms with Crippen molar-refractivity contribution in [3.63, 3.8) is 0 Å². The Balaban J connectivity index is 1.58. The lowest BCUT2D eigenvalue weighted by Crippen LogP contribution is -2.50. The summed E-state index contributed by atoms with van der Waals surface area (Å²) < 4.78 is 0. The molecule has 0 aromatic heterocycles. The number of thioether (sulfide) groups is 1. The van der Waals surface area contributed by atoms with Crippen LogP contribution in [-0.2, 0) is 9.59 Å². The minimum Gasteiger partial charge on any atom is -0.290 e. The molecule has 3 nitrogen and oxygen atoms in total. The van der Waals surface area contributed by atoms with Crippen LogP contribution < -0.4 is 4.90 Å². The molecule has 0 N–H and O–H groups in total. The lowest BCUT2D eigenvalue weighted by molar-refractivity contribution is -0.118. The van der Waals surface area contributed by atoms with Gasteiger partial charge in [-0.05, 0) is 34.4 Å². The zero-order valence-corrected chi connectivity index (χ0v) is 22.9. The van der Waals surface area contributed by atoms with Gasteiger partial charge in [0.1, 0.15) is 0 Å². The highest BCUT2D eigenvalue weighted by Crippen LogP contribution is 2.63. The number of Topliss-reactive ketones (excluding diaryl/α,β-unsaturated/α-hetero) is 1. The molecular weight excluding hydrogens is 522 g/mol. The summed E-state index contributed by atoms with van der Waals surface area (Å²) in [6.07, 6.45) is 0. The Morgan fingerprint density at radius 2 is 0.878 bits per heavy atom. The number of rotatable bonds is 5. The third-order valence-electron chi connectivity index (χ3n) is 7.57. The van der Waals surface area contributed by atoms with Gasteiger partial charge in [0.25, 0.3) is 5.91 Å². The summed E-state index contributed by atoms with van der Waals surface area (Å²) in [7, 11) is 0. The third kappa shape index (κ3) is 3.99. The lowest BCUT2D eigenvalue weighted by atomic mass is 9.86. The first-order chi connectivity index (χ1) is 20.2. The van der Waals surface area contributed by atoms with Gasteiger partial charge in [0.05, 0.1) is 5.57 Å². The van der Waals surface area contributed by atoms with Gasteiger partial charge in [-0.25, -0.2) is 0 Å². The molecule has 0 bridgehead atoms. The smallest absolute Gasteiger partial charge is 0.261 e. The van der Waals surface area contributed by atoms with Crippen molar-refractivity contribution in [1.82, 2.24) is 0 Å². The van der Waals surface area contributed by atoms with E-state index < -0.39 is 4.87 Å². The van der Waals surface area contributed by atoms with E-state index in [2.05, 4.69) is 0 Å². The van der Waals surface area contributed by atoms with E-state index in [-0.39, 0.29) is 11.7 Å². The molecule has 0 saturated heterocycles. The number of hydrogen-bond acceptors (Lipinski definition) is 3. The van der Waals surface area contributed by atoms with Gasteiger partial charge in [0, 0.05) is 21.7 Å². The molecule has 1 atom stereocenters. The minimum atomic E-state index is -1.35. The van der Waals surface area contributed by atoms with Gasteiger partial charge in [-0.1, -0.05) is 151 Å². The number of benzene rings is 5. The van der Waals surface area contributed by atoms with Crippen molar-refractivity contribution in [1.29, 1.82) is 0 Å². The molecule has 0 fully saturated rings. The van der Waals surface area contributed by atoms with Gasteiger partial charge in [-0.15, -0.1) is 0 Å². The van der Waals surface area contributed by atoms with Crippen molar-refractivity contribution in [2.24, 2.45) is 0 Å². The van der Waals surface area contributed by atoms with Crippen LogP contribution in [0.3, 0.4) is 0 Å². The molecule has 4 heteroatoms. The standard InChI is InChI=1S/C37H25NO2S/c39-35-32(27-18-8-2-9-19-27)34(29-22-12-4-13-23-29)41-37(35)33(28-20-10-3-11-21-28)31(26-16-6-1-7-17-26)36(40)38(37)30-24-14-5-15-25-30/h1-25H. The van der Waals surface area contributed by atoms with Crippen LogP contribution in [0.4, 0.5) is 5.69 Å². The minimum absolute atomic E-state index is 0.102. The summed E-state index contributed by atoms with van der Waals surface area (Å²) in [6.45, 7) is 0. The van der Waals surface area contributed by atoms with Gasteiger partial charge in [-0.2, -0.15) is 0 Å². The van der Waals surface area contributed by atoms with E-state index in [0.29, 0.717) is 22.4 Å². The topological polar surface area (TPSA) is 37.4 Å². The van der Waals surface area contributed by atoms with Gasteiger partial charge in [0.2, 0.25) is 5.78 Å². The molecule has 0 aliphatic carbocycles. The Bertz CT molecular complexity index is 1820. The molecule has 2 aliphatic rings. The first-order valence-electron chi connectivity index (χ1n) is 13.5. The first-order valence-corrected chi connectivity index (χ1v) is 14.4. The van der Waals surface area contributed by atoms with Gasteiger partial charge < -0.3 is 0 Å². The summed E-state index contributed by atoms with van der Waals surface area (Å²) in [5, 5.41) is 0. The molecule has 2 aliphatic heterocycles. The van der Waals surface area contributed by atoms with Crippen LogP contribution in [0.5, 0.6) is 0 Å². The van der Waals surface area contributed by atoms with E-state index in [0.717, 1.165) is 27.2 Å².